The number of nitrogens with one attached hydrogen (secondary N) is 1. The number of amides is 1. The number of hydrogen-bond donors (Lipinski definition) is 2. The highest BCUT2D eigenvalue weighted by Gasteiger charge is 2.28. The van der Waals surface area contributed by atoms with Crippen molar-refractivity contribution < 1.29 is 18.2 Å². The van der Waals surface area contributed by atoms with E-state index in [2.05, 4.69) is 47.6 Å². The van der Waals surface area contributed by atoms with Gasteiger partial charge in [-0.25, -0.2) is 18.8 Å². The van der Waals surface area contributed by atoms with Crippen molar-refractivity contribution in [2.45, 2.75) is 38.8 Å². The lowest BCUT2D eigenvalue weighted by molar-refractivity contribution is 0.0945. The van der Waals surface area contributed by atoms with E-state index < -0.39 is 17.5 Å². The van der Waals surface area contributed by atoms with Gasteiger partial charge < -0.3 is 5.73 Å². The van der Waals surface area contributed by atoms with Crippen LogP contribution in [0.2, 0.25) is 0 Å². The number of anilines is 1. The van der Waals surface area contributed by atoms with Gasteiger partial charge in [-0.05, 0) is 48.8 Å². The van der Waals surface area contributed by atoms with Crippen LogP contribution in [0.4, 0.5) is 14.6 Å². The van der Waals surface area contributed by atoms with Crippen LogP contribution in [0, 0.1) is 11.6 Å². The zero-order valence-corrected chi connectivity index (χ0v) is 17.2. The van der Waals surface area contributed by atoms with Crippen molar-refractivity contribution >= 4 is 17.9 Å². The van der Waals surface area contributed by atoms with Gasteiger partial charge in [0.1, 0.15) is 11.6 Å². The molecule has 168 valence electrons. The molecule has 1 atom stereocenters. The van der Waals surface area contributed by atoms with Gasteiger partial charge in [0, 0.05) is 24.2 Å². The van der Waals surface area contributed by atoms with Gasteiger partial charge in [-0.15, -0.1) is 5.10 Å². The Kier molecular flexibility index (Phi) is 6.16. The summed E-state index contributed by atoms with van der Waals surface area (Å²) in [5.74, 6) is -2.06. The number of aromatic nitrogens is 5. The Morgan fingerprint density at radius 1 is 1.38 bits per heavy atom. The maximum absolute atomic E-state index is 13.7. The fraction of sp³-hybridized carbons (Fsp3) is 0.368. The van der Waals surface area contributed by atoms with Crippen molar-refractivity contribution in [1.82, 2.24) is 35.6 Å². The molecule has 3 N–H and O–H groups in total. The minimum absolute atomic E-state index is 0.000364. The molecule has 4 rings (SSSR count). The van der Waals surface area contributed by atoms with Crippen molar-refractivity contribution in [3.05, 3.63) is 46.8 Å². The zero-order chi connectivity index (χ0) is 22.7. The summed E-state index contributed by atoms with van der Waals surface area (Å²) in [6.45, 7) is 3.32. The number of likely N-dealkylation sites (tertiary alicyclic amines) is 1. The monoisotopic (exact) mass is 445 g/mol. The second-order valence-corrected chi connectivity index (χ2v) is 7.45. The van der Waals surface area contributed by atoms with E-state index in [4.69, 9.17) is 5.73 Å². The summed E-state index contributed by atoms with van der Waals surface area (Å²) in [4.78, 5) is 15.0. The largest absolute Gasteiger partial charge is 0.378 e. The van der Waals surface area contributed by atoms with Crippen LogP contribution in [-0.2, 0) is 6.54 Å². The average molecular weight is 445 g/mol. The number of hydrazone groups is 1. The van der Waals surface area contributed by atoms with Gasteiger partial charge in [-0.2, -0.15) is 9.78 Å². The molecular weight excluding hydrogens is 424 g/mol. The van der Waals surface area contributed by atoms with E-state index in [9.17, 15) is 13.6 Å². The number of rotatable bonds is 6. The Bertz CT molecular complexity index is 1140. The van der Waals surface area contributed by atoms with E-state index in [1.807, 2.05) is 0 Å². The van der Waals surface area contributed by atoms with E-state index in [1.54, 1.807) is 0 Å². The maximum Gasteiger partial charge on any atom is 0.293 e. The van der Waals surface area contributed by atoms with E-state index in [-0.39, 0.29) is 22.9 Å². The molecule has 3 aromatic rings. The summed E-state index contributed by atoms with van der Waals surface area (Å²) in [5, 5.41) is 19.0. The van der Waals surface area contributed by atoms with Crippen LogP contribution in [0.15, 0.2) is 27.9 Å². The first-order valence-electron chi connectivity index (χ1n) is 9.99. The van der Waals surface area contributed by atoms with Gasteiger partial charge in [0.15, 0.2) is 5.69 Å². The minimum Gasteiger partial charge on any atom is -0.378 e. The Morgan fingerprint density at radius 2 is 2.22 bits per heavy atom. The van der Waals surface area contributed by atoms with Crippen molar-refractivity contribution in [3.63, 3.8) is 0 Å². The molecule has 32 heavy (non-hydrogen) atoms. The highest BCUT2D eigenvalue weighted by atomic mass is 19.1. The average Bonchev–Trinajstić information content (AvgIpc) is 3.37. The van der Waals surface area contributed by atoms with Crippen LogP contribution >= 0.6 is 0 Å². The molecule has 0 radical (unpaired) electrons. The van der Waals surface area contributed by atoms with Crippen LogP contribution in [-0.4, -0.2) is 54.9 Å². The maximum atomic E-state index is 13.7. The van der Waals surface area contributed by atoms with Gasteiger partial charge in [0.25, 0.3) is 5.91 Å². The van der Waals surface area contributed by atoms with E-state index in [0.29, 0.717) is 18.3 Å². The van der Waals surface area contributed by atoms with Crippen LogP contribution in [0.1, 0.15) is 47.9 Å². The predicted molar refractivity (Wildman–Crippen MR) is 109 cm³/mol. The summed E-state index contributed by atoms with van der Waals surface area (Å²) in [7, 11) is 0. The van der Waals surface area contributed by atoms with E-state index in [1.165, 1.54) is 10.7 Å². The molecule has 1 unspecified atom stereocenters. The summed E-state index contributed by atoms with van der Waals surface area (Å²) in [6, 6.07) is 3.32. The number of nitrogens with two attached hydrogens (primary N) is 1. The molecule has 0 bridgehead atoms. The molecule has 1 fully saturated rings. The number of piperidine rings is 1. The number of carbonyl (C=O) groups excluding carboxylic acids is 1. The van der Waals surface area contributed by atoms with Crippen molar-refractivity contribution in [1.29, 1.82) is 0 Å². The molecule has 11 nitrogen and oxygen atoms in total. The number of nitrogen functional groups attached to an aromatic ring is 1. The third-order valence-corrected chi connectivity index (χ3v) is 5.30. The third kappa shape index (κ3) is 4.46. The Balaban J connectivity index is 1.59. The van der Waals surface area contributed by atoms with Crippen LogP contribution in [0.3, 0.4) is 0 Å². The lowest BCUT2D eigenvalue weighted by Crippen LogP contribution is -2.38. The fourth-order valence-electron chi connectivity index (χ4n) is 3.53. The van der Waals surface area contributed by atoms with Gasteiger partial charge in [-0.3, -0.25) is 9.69 Å². The van der Waals surface area contributed by atoms with Crippen LogP contribution in [0.5, 0.6) is 0 Å². The SMILES string of the molecule is CC1CCCCN1Cc1c(C(=O)NN=Cc2ccc(F)cc2F)nnn1-c1nonc1N. The first-order chi connectivity index (χ1) is 15.4. The molecule has 1 saturated heterocycles. The Labute approximate surface area is 181 Å². The molecule has 3 heterocycles. The lowest BCUT2D eigenvalue weighted by atomic mass is 10.0. The molecule has 0 spiro atoms. The summed E-state index contributed by atoms with van der Waals surface area (Å²) < 4.78 is 32.7. The van der Waals surface area contributed by atoms with Gasteiger partial charge >= 0.3 is 0 Å². The molecule has 1 aromatic carbocycles. The molecule has 2 aromatic heterocycles. The summed E-state index contributed by atoms with van der Waals surface area (Å²) in [6.07, 6.45) is 4.28. The molecule has 1 aliphatic heterocycles. The Morgan fingerprint density at radius 3 is 2.94 bits per heavy atom. The highest BCUT2D eigenvalue weighted by molar-refractivity contribution is 5.94. The summed E-state index contributed by atoms with van der Waals surface area (Å²) in [5.41, 5.74) is 8.54. The second kappa shape index (κ2) is 9.18. The number of nitrogens with zero attached hydrogens (tertiary/aromatic N) is 7. The molecule has 1 aliphatic rings. The van der Waals surface area contributed by atoms with Crippen molar-refractivity contribution in [2.24, 2.45) is 5.10 Å². The number of carbonyl (C=O) groups is 1. The second-order valence-electron chi connectivity index (χ2n) is 7.45. The van der Waals surface area contributed by atoms with E-state index >= 15 is 0 Å². The van der Waals surface area contributed by atoms with Crippen LogP contribution in [0.25, 0.3) is 5.82 Å². The molecule has 13 heteroatoms. The number of benzene rings is 1. The number of hydrogen-bond acceptors (Lipinski definition) is 9. The minimum atomic E-state index is -0.803. The normalized spacial score (nSPS) is 17.2. The van der Waals surface area contributed by atoms with Crippen molar-refractivity contribution in [2.75, 3.05) is 12.3 Å². The molecule has 1 amide bonds. The fourth-order valence-corrected chi connectivity index (χ4v) is 3.53. The number of halogens is 2. The summed E-state index contributed by atoms with van der Waals surface area (Å²) >= 11 is 0. The van der Waals surface area contributed by atoms with E-state index in [0.717, 1.165) is 44.2 Å². The highest BCUT2D eigenvalue weighted by Crippen LogP contribution is 2.22. The van der Waals surface area contributed by atoms with Crippen LogP contribution < -0.4 is 11.2 Å². The topological polar surface area (TPSA) is 140 Å². The lowest BCUT2D eigenvalue weighted by Gasteiger charge is -2.33. The Hall–Kier alpha value is -3.74. The quantitative estimate of drug-likeness (QED) is 0.431. The molecular formula is C19H21F2N9O2. The smallest absolute Gasteiger partial charge is 0.293 e. The zero-order valence-electron chi connectivity index (χ0n) is 17.2. The first-order valence-corrected chi connectivity index (χ1v) is 9.99. The standard InChI is InChI=1S/C19H21F2N9O2/c1-11-4-2-3-7-29(11)10-15-16(24-28-30(15)18-17(22)26-32-27-18)19(31)25-23-9-12-5-6-13(20)8-14(12)21/h5-6,8-9,11H,2-4,7,10H2,1H3,(H2,22,26)(H,25,31). The first kappa shape index (κ1) is 21.5. The predicted octanol–water partition coefficient (Wildman–Crippen LogP) is 1.65. The molecule has 0 saturated carbocycles. The molecule has 0 aliphatic carbocycles. The van der Waals surface area contributed by atoms with Gasteiger partial charge in [0.2, 0.25) is 11.6 Å². The van der Waals surface area contributed by atoms with Crippen molar-refractivity contribution in [3.8, 4) is 5.82 Å². The van der Waals surface area contributed by atoms with Gasteiger partial charge in [0.05, 0.1) is 11.9 Å². The van der Waals surface area contributed by atoms with Gasteiger partial charge in [-0.1, -0.05) is 11.6 Å². The third-order valence-electron chi connectivity index (χ3n) is 5.30.